The van der Waals surface area contributed by atoms with Gasteiger partial charge in [0.15, 0.2) is 0 Å². The molecular weight excluding hydrogens is 178 g/mol. The molecule has 82 valence electrons. The molecule has 0 aromatic carbocycles. The van der Waals surface area contributed by atoms with Crippen LogP contribution in [0.25, 0.3) is 0 Å². The minimum atomic E-state index is -0.235. The van der Waals surface area contributed by atoms with Gasteiger partial charge < -0.3 is 10.1 Å². The van der Waals surface area contributed by atoms with Gasteiger partial charge in [0, 0.05) is 6.54 Å². The van der Waals surface area contributed by atoms with E-state index in [0.717, 1.165) is 6.54 Å². The minimum absolute atomic E-state index is 0.00644. The zero-order valence-electron chi connectivity index (χ0n) is 9.64. The highest BCUT2D eigenvalue weighted by Crippen LogP contribution is 2.43. The Balaban J connectivity index is 2.10. The summed E-state index contributed by atoms with van der Waals surface area (Å²) in [6, 6.07) is 0. The summed E-state index contributed by atoms with van der Waals surface area (Å²) >= 11 is 0. The van der Waals surface area contributed by atoms with E-state index in [1.807, 2.05) is 20.8 Å². The van der Waals surface area contributed by atoms with Crippen molar-refractivity contribution in [2.24, 2.45) is 5.41 Å². The Bertz CT molecular complexity index is 203. The van der Waals surface area contributed by atoms with E-state index in [4.69, 9.17) is 4.74 Å². The van der Waals surface area contributed by atoms with Crippen LogP contribution in [0.3, 0.4) is 0 Å². The Labute approximate surface area is 86.2 Å². The van der Waals surface area contributed by atoms with Gasteiger partial charge in [-0.2, -0.15) is 0 Å². The number of hydrogen-bond donors (Lipinski definition) is 1. The maximum Gasteiger partial charge on any atom is 0.246 e. The lowest BCUT2D eigenvalue weighted by atomic mass is 10.1. The van der Waals surface area contributed by atoms with Crippen LogP contribution in [0.4, 0.5) is 0 Å². The van der Waals surface area contributed by atoms with Crippen LogP contribution in [0.5, 0.6) is 0 Å². The Kier molecular flexibility index (Phi) is 3.20. The Morgan fingerprint density at radius 1 is 1.43 bits per heavy atom. The first-order chi connectivity index (χ1) is 6.31. The molecule has 1 fully saturated rings. The van der Waals surface area contributed by atoms with Crippen LogP contribution in [-0.2, 0) is 9.53 Å². The lowest BCUT2D eigenvalue weighted by Crippen LogP contribution is -2.34. The normalized spacial score (nSPS) is 19.1. The van der Waals surface area contributed by atoms with Crippen molar-refractivity contribution in [3.8, 4) is 0 Å². The van der Waals surface area contributed by atoms with Gasteiger partial charge >= 0.3 is 0 Å². The van der Waals surface area contributed by atoms with Gasteiger partial charge in [0.2, 0.25) is 5.91 Å². The highest BCUT2D eigenvalue weighted by molar-refractivity contribution is 5.77. The van der Waals surface area contributed by atoms with Crippen LogP contribution < -0.4 is 5.32 Å². The molecule has 0 aliphatic heterocycles. The van der Waals surface area contributed by atoms with Crippen molar-refractivity contribution in [3.63, 3.8) is 0 Å². The molecule has 0 aromatic heterocycles. The molecule has 0 unspecified atom stereocenters. The third kappa shape index (κ3) is 4.61. The lowest BCUT2D eigenvalue weighted by Gasteiger charge is -2.19. The highest BCUT2D eigenvalue weighted by atomic mass is 16.5. The van der Waals surface area contributed by atoms with Gasteiger partial charge in [-0.25, -0.2) is 0 Å². The van der Waals surface area contributed by atoms with Crippen molar-refractivity contribution < 1.29 is 9.53 Å². The van der Waals surface area contributed by atoms with E-state index in [9.17, 15) is 4.79 Å². The van der Waals surface area contributed by atoms with Crippen molar-refractivity contribution in [1.82, 2.24) is 5.32 Å². The standard InChI is InChI=1S/C11H21NO2/c1-10(2,3)14-7-9(13)12-8-11(4)5-6-11/h5-8H2,1-4H3,(H,12,13). The minimum Gasteiger partial charge on any atom is -0.366 e. The second-order valence-electron chi connectivity index (χ2n) is 5.49. The lowest BCUT2D eigenvalue weighted by molar-refractivity contribution is -0.130. The van der Waals surface area contributed by atoms with E-state index < -0.39 is 0 Å². The molecule has 1 amide bonds. The summed E-state index contributed by atoms with van der Waals surface area (Å²) in [7, 11) is 0. The number of amides is 1. The number of carbonyl (C=O) groups is 1. The zero-order chi connectivity index (χ0) is 10.8. The van der Waals surface area contributed by atoms with Crippen molar-refractivity contribution >= 4 is 5.91 Å². The molecule has 14 heavy (non-hydrogen) atoms. The number of ether oxygens (including phenoxy) is 1. The molecule has 0 bridgehead atoms. The molecule has 1 aliphatic carbocycles. The van der Waals surface area contributed by atoms with E-state index in [2.05, 4.69) is 12.2 Å². The van der Waals surface area contributed by atoms with E-state index >= 15 is 0 Å². The molecule has 3 nitrogen and oxygen atoms in total. The summed E-state index contributed by atoms with van der Waals surface area (Å²) in [5.74, 6) is -0.00644. The van der Waals surface area contributed by atoms with Crippen LogP contribution in [0.15, 0.2) is 0 Å². The fourth-order valence-electron chi connectivity index (χ4n) is 1.04. The first-order valence-corrected chi connectivity index (χ1v) is 5.21. The van der Waals surface area contributed by atoms with Crippen molar-refractivity contribution in [2.75, 3.05) is 13.2 Å². The summed E-state index contributed by atoms with van der Waals surface area (Å²) in [5.41, 5.74) is 0.137. The fraction of sp³-hybridized carbons (Fsp3) is 0.909. The monoisotopic (exact) mass is 199 g/mol. The topological polar surface area (TPSA) is 38.3 Å². The molecule has 0 heterocycles. The summed E-state index contributed by atoms with van der Waals surface area (Å²) < 4.78 is 5.36. The molecule has 1 rings (SSSR count). The number of hydrogen-bond acceptors (Lipinski definition) is 2. The molecule has 1 N–H and O–H groups in total. The van der Waals surface area contributed by atoms with E-state index in [0.29, 0.717) is 5.41 Å². The maximum atomic E-state index is 11.3. The number of rotatable bonds is 4. The average molecular weight is 199 g/mol. The smallest absolute Gasteiger partial charge is 0.246 e. The van der Waals surface area contributed by atoms with Crippen LogP contribution >= 0.6 is 0 Å². The Hall–Kier alpha value is -0.570. The third-order valence-corrected chi connectivity index (χ3v) is 2.45. The Morgan fingerprint density at radius 3 is 2.43 bits per heavy atom. The van der Waals surface area contributed by atoms with Crippen molar-refractivity contribution in [2.45, 2.75) is 46.1 Å². The largest absolute Gasteiger partial charge is 0.366 e. The van der Waals surface area contributed by atoms with Gasteiger partial charge in [0.25, 0.3) is 0 Å². The number of carbonyl (C=O) groups excluding carboxylic acids is 1. The molecule has 0 saturated heterocycles. The van der Waals surface area contributed by atoms with Crippen LogP contribution in [0.2, 0.25) is 0 Å². The first-order valence-electron chi connectivity index (χ1n) is 5.21. The average Bonchev–Trinajstić information content (AvgIpc) is 2.76. The first kappa shape index (κ1) is 11.5. The highest BCUT2D eigenvalue weighted by Gasteiger charge is 2.37. The molecule has 1 aliphatic rings. The molecule has 0 atom stereocenters. The molecule has 0 aromatic rings. The molecule has 0 radical (unpaired) electrons. The second-order valence-corrected chi connectivity index (χ2v) is 5.49. The molecule has 1 saturated carbocycles. The molecular formula is C11H21NO2. The Morgan fingerprint density at radius 2 is 2.00 bits per heavy atom. The van der Waals surface area contributed by atoms with Gasteiger partial charge in [0.05, 0.1) is 5.60 Å². The molecule has 3 heteroatoms. The van der Waals surface area contributed by atoms with Gasteiger partial charge in [-0.3, -0.25) is 4.79 Å². The van der Waals surface area contributed by atoms with Crippen LogP contribution in [-0.4, -0.2) is 24.7 Å². The summed E-state index contributed by atoms with van der Waals surface area (Å²) in [4.78, 5) is 11.3. The van der Waals surface area contributed by atoms with E-state index in [1.54, 1.807) is 0 Å². The van der Waals surface area contributed by atoms with Gasteiger partial charge in [-0.05, 0) is 39.0 Å². The predicted octanol–water partition coefficient (Wildman–Crippen LogP) is 1.72. The van der Waals surface area contributed by atoms with Gasteiger partial charge in [-0.1, -0.05) is 6.92 Å². The van der Waals surface area contributed by atoms with E-state index in [1.165, 1.54) is 12.8 Å². The van der Waals surface area contributed by atoms with Gasteiger partial charge in [0.1, 0.15) is 6.61 Å². The van der Waals surface area contributed by atoms with Gasteiger partial charge in [-0.15, -0.1) is 0 Å². The SMILES string of the molecule is CC1(CNC(=O)COC(C)(C)C)CC1. The summed E-state index contributed by atoms with van der Waals surface area (Å²) in [6.45, 7) is 8.99. The second kappa shape index (κ2) is 3.89. The van der Waals surface area contributed by atoms with Crippen LogP contribution in [0, 0.1) is 5.41 Å². The predicted molar refractivity (Wildman–Crippen MR) is 56.1 cm³/mol. The third-order valence-electron chi connectivity index (χ3n) is 2.45. The van der Waals surface area contributed by atoms with Crippen molar-refractivity contribution in [3.05, 3.63) is 0 Å². The fourth-order valence-corrected chi connectivity index (χ4v) is 1.04. The maximum absolute atomic E-state index is 11.3. The quantitative estimate of drug-likeness (QED) is 0.748. The summed E-state index contributed by atoms with van der Waals surface area (Å²) in [5, 5.41) is 2.89. The summed E-state index contributed by atoms with van der Waals surface area (Å²) in [6.07, 6.45) is 2.46. The van der Waals surface area contributed by atoms with Crippen LogP contribution in [0.1, 0.15) is 40.5 Å². The number of nitrogens with one attached hydrogen (secondary N) is 1. The molecule has 0 spiro atoms. The zero-order valence-corrected chi connectivity index (χ0v) is 9.64. The van der Waals surface area contributed by atoms with E-state index in [-0.39, 0.29) is 18.1 Å². The van der Waals surface area contributed by atoms with Crippen molar-refractivity contribution in [1.29, 1.82) is 0 Å².